The molecule has 1 amide bonds. The fourth-order valence-corrected chi connectivity index (χ4v) is 6.13. The Morgan fingerprint density at radius 3 is 2.26 bits per heavy atom. The molecule has 3 rings (SSSR count). The SMILES string of the molecule is CCN(C(=O)OCOC(=O)C(C)(C)CC(C)(C)C)C1C2CCC(C2)C1c1ccccc1. The van der Waals surface area contributed by atoms with Crippen molar-refractivity contribution in [2.45, 2.75) is 79.2 Å². The summed E-state index contributed by atoms with van der Waals surface area (Å²) in [6, 6.07) is 10.7. The average Bonchev–Trinajstić information content (AvgIpc) is 3.29. The first-order valence-corrected chi connectivity index (χ1v) is 11.7. The van der Waals surface area contributed by atoms with Crippen LogP contribution in [0.1, 0.15) is 78.7 Å². The van der Waals surface area contributed by atoms with Gasteiger partial charge in [-0.1, -0.05) is 51.1 Å². The van der Waals surface area contributed by atoms with Gasteiger partial charge in [-0.15, -0.1) is 0 Å². The van der Waals surface area contributed by atoms with E-state index in [9.17, 15) is 9.59 Å². The van der Waals surface area contributed by atoms with Gasteiger partial charge >= 0.3 is 12.1 Å². The molecule has 2 aliphatic rings. The van der Waals surface area contributed by atoms with E-state index < -0.39 is 5.41 Å². The van der Waals surface area contributed by atoms with Gasteiger partial charge in [0.25, 0.3) is 0 Å². The molecule has 0 heterocycles. The first-order chi connectivity index (χ1) is 14.5. The minimum absolute atomic E-state index is 0.00639. The summed E-state index contributed by atoms with van der Waals surface area (Å²) in [5.74, 6) is 1.15. The second kappa shape index (κ2) is 9.22. The molecular weight excluding hydrogens is 390 g/mol. The first-order valence-electron chi connectivity index (χ1n) is 11.7. The Bertz CT molecular complexity index is 767. The third kappa shape index (κ3) is 5.42. The standard InChI is InChI=1S/C26H39NO4/c1-7-27(24(29)31-17-30-23(28)26(5,6)16-25(2,3)4)22-20-14-13-19(15-20)21(22)18-11-9-8-10-12-18/h8-12,19-22H,7,13-17H2,1-6H3. The van der Waals surface area contributed by atoms with Crippen molar-refractivity contribution in [3.05, 3.63) is 35.9 Å². The predicted molar refractivity (Wildman–Crippen MR) is 121 cm³/mol. The van der Waals surface area contributed by atoms with Gasteiger partial charge in [0, 0.05) is 18.5 Å². The number of nitrogens with zero attached hydrogens (tertiary/aromatic N) is 1. The van der Waals surface area contributed by atoms with Crippen LogP contribution in [-0.4, -0.2) is 36.3 Å². The van der Waals surface area contributed by atoms with Crippen molar-refractivity contribution in [1.29, 1.82) is 0 Å². The summed E-state index contributed by atoms with van der Waals surface area (Å²) >= 11 is 0. The Balaban J connectivity index is 1.62. The number of hydrogen-bond acceptors (Lipinski definition) is 4. The van der Waals surface area contributed by atoms with E-state index in [2.05, 4.69) is 45.0 Å². The molecule has 31 heavy (non-hydrogen) atoms. The van der Waals surface area contributed by atoms with Crippen LogP contribution in [0.15, 0.2) is 30.3 Å². The Kier molecular flexibility index (Phi) is 7.02. The van der Waals surface area contributed by atoms with Crippen LogP contribution >= 0.6 is 0 Å². The van der Waals surface area contributed by atoms with Gasteiger partial charge in [-0.05, 0) is 69.3 Å². The van der Waals surface area contributed by atoms with E-state index in [0.29, 0.717) is 30.7 Å². The quantitative estimate of drug-likeness (QED) is 0.395. The van der Waals surface area contributed by atoms with Crippen molar-refractivity contribution in [3.63, 3.8) is 0 Å². The van der Waals surface area contributed by atoms with Gasteiger partial charge in [0.15, 0.2) is 0 Å². The van der Waals surface area contributed by atoms with Crippen LogP contribution in [0.2, 0.25) is 0 Å². The number of esters is 1. The van der Waals surface area contributed by atoms with Crippen molar-refractivity contribution in [2.75, 3.05) is 13.3 Å². The summed E-state index contributed by atoms with van der Waals surface area (Å²) in [4.78, 5) is 27.4. The lowest BCUT2D eigenvalue weighted by atomic mass is 9.76. The summed E-state index contributed by atoms with van der Waals surface area (Å²) < 4.78 is 10.8. The van der Waals surface area contributed by atoms with Crippen molar-refractivity contribution < 1.29 is 19.1 Å². The van der Waals surface area contributed by atoms with E-state index in [-0.39, 0.29) is 30.3 Å². The van der Waals surface area contributed by atoms with Crippen LogP contribution in [0.5, 0.6) is 0 Å². The predicted octanol–water partition coefficient (Wildman–Crippen LogP) is 5.99. The molecule has 1 aromatic rings. The Morgan fingerprint density at radius 1 is 1.00 bits per heavy atom. The van der Waals surface area contributed by atoms with E-state index in [4.69, 9.17) is 9.47 Å². The van der Waals surface area contributed by atoms with Gasteiger partial charge in [-0.3, -0.25) is 4.79 Å². The molecule has 0 aliphatic heterocycles. The average molecular weight is 430 g/mol. The fraction of sp³-hybridized carbons (Fsp3) is 0.692. The summed E-state index contributed by atoms with van der Waals surface area (Å²) in [6.45, 7) is 12.3. The molecule has 5 heteroatoms. The van der Waals surface area contributed by atoms with Crippen molar-refractivity contribution in [1.82, 2.24) is 4.90 Å². The van der Waals surface area contributed by atoms with Gasteiger partial charge in [0.05, 0.1) is 5.41 Å². The maximum Gasteiger partial charge on any atom is 0.412 e. The lowest BCUT2D eigenvalue weighted by Crippen LogP contribution is -2.47. The third-order valence-corrected chi connectivity index (χ3v) is 6.89. The number of fused-ring (bicyclic) bond motifs is 2. The molecule has 2 fully saturated rings. The second-order valence-electron chi connectivity index (χ2n) is 11.1. The zero-order valence-electron chi connectivity index (χ0n) is 20.0. The van der Waals surface area contributed by atoms with Crippen molar-refractivity contribution in [3.8, 4) is 0 Å². The molecule has 172 valence electrons. The largest absolute Gasteiger partial charge is 0.427 e. The first kappa shape index (κ1) is 23.6. The number of ether oxygens (including phenoxy) is 2. The monoisotopic (exact) mass is 429 g/mol. The third-order valence-electron chi connectivity index (χ3n) is 6.89. The van der Waals surface area contributed by atoms with Gasteiger partial charge in [0.2, 0.25) is 6.79 Å². The maximum absolute atomic E-state index is 13.0. The molecule has 5 nitrogen and oxygen atoms in total. The number of amides is 1. The Labute approximate surface area is 187 Å². The molecule has 0 radical (unpaired) electrons. The zero-order chi connectivity index (χ0) is 22.8. The van der Waals surface area contributed by atoms with Gasteiger partial charge in [0.1, 0.15) is 0 Å². The molecule has 2 aliphatic carbocycles. The van der Waals surface area contributed by atoms with E-state index in [1.165, 1.54) is 24.8 Å². The van der Waals surface area contributed by atoms with Crippen molar-refractivity contribution in [2.24, 2.45) is 22.7 Å². The molecule has 0 N–H and O–H groups in total. The van der Waals surface area contributed by atoms with E-state index in [0.717, 1.165) is 0 Å². The number of benzene rings is 1. The molecule has 4 atom stereocenters. The number of likely N-dealkylation sites (N-methyl/N-ethyl adjacent to an activating group) is 1. The lowest BCUT2D eigenvalue weighted by molar-refractivity contribution is -0.164. The lowest BCUT2D eigenvalue weighted by Gasteiger charge is -2.39. The minimum atomic E-state index is -0.627. The second-order valence-corrected chi connectivity index (χ2v) is 11.1. The number of hydrogen-bond donors (Lipinski definition) is 0. The molecule has 4 unspecified atom stereocenters. The number of carbonyl (C=O) groups excluding carboxylic acids is 2. The molecule has 0 saturated heterocycles. The van der Waals surface area contributed by atoms with Crippen LogP contribution in [0.3, 0.4) is 0 Å². The molecule has 0 spiro atoms. The van der Waals surface area contributed by atoms with E-state index >= 15 is 0 Å². The normalized spacial score (nSPS) is 25.4. The van der Waals surface area contributed by atoms with Crippen LogP contribution in [-0.2, 0) is 14.3 Å². The summed E-state index contributed by atoms with van der Waals surface area (Å²) in [5.41, 5.74) is 0.686. The van der Waals surface area contributed by atoms with Crippen LogP contribution in [0, 0.1) is 22.7 Å². The van der Waals surface area contributed by atoms with Gasteiger partial charge in [-0.25, -0.2) is 4.79 Å². The molecule has 2 saturated carbocycles. The summed E-state index contributed by atoms with van der Waals surface area (Å²) in [5, 5.41) is 0. The Morgan fingerprint density at radius 2 is 1.65 bits per heavy atom. The highest BCUT2D eigenvalue weighted by Gasteiger charge is 2.51. The number of carbonyl (C=O) groups is 2. The fourth-order valence-electron chi connectivity index (χ4n) is 6.13. The highest BCUT2D eigenvalue weighted by Crippen LogP contribution is 2.54. The smallest absolute Gasteiger partial charge is 0.412 e. The van der Waals surface area contributed by atoms with Gasteiger partial charge < -0.3 is 14.4 Å². The highest BCUT2D eigenvalue weighted by atomic mass is 16.7. The van der Waals surface area contributed by atoms with Crippen LogP contribution < -0.4 is 0 Å². The molecule has 0 aromatic heterocycles. The molecular formula is C26H39NO4. The highest BCUT2D eigenvalue weighted by molar-refractivity contribution is 5.76. The van der Waals surface area contributed by atoms with E-state index in [1.807, 2.05) is 31.7 Å². The maximum atomic E-state index is 13.0. The Hall–Kier alpha value is -2.04. The van der Waals surface area contributed by atoms with Gasteiger partial charge in [-0.2, -0.15) is 0 Å². The topological polar surface area (TPSA) is 55.8 Å². The number of rotatable bonds is 7. The van der Waals surface area contributed by atoms with Crippen molar-refractivity contribution >= 4 is 12.1 Å². The summed E-state index contributed by atoms with van der Waals surface area (Å²) in [7, 11) is 0. The molecule has 2 bridgehead atoms. The molecule has 1 aromatic carbocycles. The van der Waals surface area contributed by atoms with E-state index in [1.54, 1.807) is 0 Å². The van der Waals surface area contributed by atoms with Crippen LogP contribution in [0.25, 0.3) is 0 Å². The van der Waals surface area contributed by atoms with Crippen LogP contribution in [0.4, 0.5) is 4.79 Å². The minimum Gasteiger partial charge on any atom is -0.427 e. The zero-order valence-corrected chi connectivity index (χ0v) is 20.0. The summed E-state index contributed by atoms with van der Waals surface area (Å²) in [6.07, 6.45) is 3.87.